The van der Waals surface area contributed by atoms with Gasteiger partial charge < -0.3 is 4.90 Å². The topological polar surface area (TPSA) is 3.24 Å². The van der Waals surface area contributed by atoms with Crippen molar-refractivity contribution in [2.24, 2.45) is 0 Å². The SMILES string of the molecule is CC1(C)c2ccccc2-c2cc(-c3ccc(N(c4ccc(-c5ccccc5)cc4)c4ccc(-c5cccc6c5C(C)(C)c5ccccc5-6)cc4)cc3)ccc21. The van der Waals surface area contributed by atoms with Gasteiger partial charge in [-0.1, -0.05) is 173 Å². The minimum Gasteiger partial charge on any atom is -0.311 e. The van der Waals surface area contributed by atoms with E-state index in [1.54, 1.807) is 0 Å². The second kappa shape index (κ2) is 12.6. The van der Waals surface area contributed by atoms with Crippen molar-refractivity contribution in [3.63, 3.8) is 0 Å². The van der Waals surface area contributed by atoms with Gasteiger partial charge in [0.25, 0.3) is 0 Å². The molecule has 2 aliphatic carbocycles. The van der Waals surface area contributed by atoms with E-state index in [0.29, 0.717) is 0 Å². The van der Waals surface area contributed by atoms with Gasteiger partial charge in [0.1, 0.15) is 0 Å². The lowest BCUT2D eigenvalue weighted by molar-refractivity contribution is 0.660. The van der Waals surface area contributed by atoms with Crippen molar-refractivity contribution in [1.29, 1.82) is 0 Å². The van der Waals surface area contributed by atoms with Gasteiger partial charge in [-0.15, -0.1) is 0 Å². The standard InChI is InChI=1S/C54H43N/c1-53(2)49-19-10-9-16-46(49)48-35-40(27-34-51(48)53)38-23-30-42(31-24-38)55(41-28-21-37(22-29-41)36-13-6-5-7-14-36)43-32-25-39(26-33-43)44-17-12-18-47-45-15-8-11-20-50(45)54(3,4)52(44)47/h5-35H,1-4H3. The van der Waals surface area contributed by atoms with E-state index in [4.69, 9.17) is 0 Å². The van der Waals surface area contributed by atoms with E-state index >= 15 is 0 Å². The van der Waals surface area contributed by atoms with Gasteiger partial charge in [-0.05, 0) is 120 Å². The zero-order chi connectivity index (χ0) is 37.3. The van der Waals surface area contributed by atoms with Crippen LogP contribution in [0.25, 0.3) is 55.6 Å². The molecule has 0 bridgehead atoms. The summed E-state index contributed by atoms with van der Waals surface area (Å²) in [6, 6.07) is 69.4. The van der Waals surface area contributed by atoms with Crippen LogP contribution in [0.5, 0.6) is 0 Å². The second-order valence-corrected chi connectivity index (χ2v) is 16.2. The second-order valence-electron chi connectivity index (χ2n) is 16.2. The number of nitrogens with zero attached hydrogens (tertiary/aromatic N) is 1. The average Bonchev–Trinajstić information content (AvgIpc) is 3.61. The van der Waals surface area contributed by atoms with E-state index in [2.05, 4.69) is 221 Å². The Morgan fingerprint density at radius 2 is 0.709 bits per heavy atom. The number of anilines is 3. The van der Waals surface area contributed by atoms with Gasteiger partial charge in [0.2, 0.25) is 0 Å². The molecule has 264 valence electrons. The summed E-state index contributed by atoms with van der Waals surface area (Å²) in [5, 5.41) is 0. The van der Waals surface area contributed by atoms with Gasteiger partial charge in [-0.3, -0.25) is 0 Å². The lowest BCUT2D eigenvalue weighted by Crippen LogP contribution is -2.16. The number of hydrogen-bond donors (Lipinski definition) is 0. The third-order valence-electron chi connectivity index (χ3n) is 12.3. The molecule has 2 aliphatic rings. The lowest BCUT2D eigenvalue weighted by Gasteiger charge is -2.27. The van der Waals surface area contributed by atoms with Crippen LogP contribution in [0.2, 0.25) is 0 Å². The summed E-state index contributed by atoms with van der Waals surface area (Å²) >= 11 is 0. The molecular formula is C54H43N. The predicted molar refractivity (Wildman–Crippen MR) is 233 cm³/mol. The molecule has 0 saturated heterocycles. The Hall–Kier alpha value is -6.44. The maximum Gasteiger partial charge on any atom is 0.0462 e. The van der Waals surface area contributed by atoms with Crippen molar-refractivity contribution < 1.29 is 0 Å². The summed E-state index contributed by atoms with van der Waals surface area (Å²) in [5.41, 5.74) is 21.7. The molecule has 0 aromatic heterocycles. The van der Waals surface area contributed by atoms with Crippen molar-refractivity contribution in [2.75, 3.05) is 4.90 Å². The first-order valence-electron chi connectivity index (χ1n) is 19.4. The lowest BCUT2D eigenvalue weighted by atomic mass is 9.79. The van der Waals surface area contributed by atoms with E-state index < -0.39 is 0 Å². The van der Waals surface area contributed by atoms with Crippen LogP contribution < -0.4 is 4.90 Å². The van der Waals surface area contributed by atoms with Crippen molar-refractivity contribution in [2.45, 2.75) is 38.5 Å². The Balaban J connectivity index is 1.03. The van der Waals surface area contributed by atoms with Crippen molar-refractivity contribution in [3.8, 4) is 55.6 Å². The number of hydrogen-bond acceptors (Lipinski definition) is 1. The molecular weight excluding hydrogens is 663 g/mol. The summed E-state index contributed by atoms with van der Waals surface area (Å²) < 4.78 is 0. The number of benzene rings is 8. The molecule has 0 aliphatic heterocycles. The van der Waals surface area contributed by atoms with Crippen LogP contribution in [0.3, 0.4) is 0 Å². The Kier molecular flexibility index (Phi) is 7.58. The van der Waals surface area contributed by atoms with Gasteiger partial charge in [0.05, 0.1) is 0 Å². The summed E-state index contributed by atoms with van der Waals surface area (Å²) in [6.07, 6.45) is 0. The molecule has 0 heterocycles. The van der Waals surface area contributed by atoms with Crippen LogP contribution in [0.1, 0.15) is 49.9 Å². The molecule has 1 nitrogen and oxygen atoms in total. The van der Waals surface area contributed by atoms with Gasteiger partial charge in [0.15, 0.2) is 0 Å². The molecule has 0 fully saturated rings. The largest absolute Gasteiger partial charge is 0.311 e. The van der Waals surface area contributed by atoms with E-state index in [0.717, 1.165) is 17.1 Å². The van der Waals surface area contributed by atoms with Crippen molar-refractivity contribution >= 4 is 17.1 Å². The van der Waals surface area contributed by atoms with Gasteiger partial charge in [0, 0.05) is 27.9 Å². The smallest absolute Gasteiger partial charge is 0.0462 e. The summed E-state index contributed by atoms with van der Waals surface area (Å²) in [6.45, 7) is 9.41. The van der Waals surface area contributed by atoms with Gasteiger partial charge in [-0.2, -0.15) is 0 Å². The minimum atomic E-state index is -0.0755. The molecule has 10 rings (SSSR count). The Morgan fingerprint density at radius 3 is 1.33 bits per heavy atom. The Labute approximate surface area is 325 Å². The molecule has 8 aromatic rings. The molecule has 0 saturated carbocycles. The quantitative estimate of drug-likeness (QED) is 0.166. The molecule has 0 unspecified atom stereocenters. The molecule has 0 spiro atoms. The van der Waals surface area contributed by atoms with E-state index in [9.17, 15) is 0 Å². The summed E-state index contributed by atoms with van der Waals surface area (Å²) in [4.78, 5) is 2.37. The fraction of sp³-hybridized carbons (Fsp3) is 0.111. The number of rotatable bonds is 6. The molecule has 0 amide bonds. The third-order valence-corrected chi connectivity index (χ3v) is 12.3. The predicted octanol–water partition coefficient (Wildman–Crippen LogP) is 14.8. The zero-order valence-corrected chi connectivity index (χ0v) is 31.8. The van der Waals surface area contributed by atoms with Crippen molar-refractivity contribution in [1.82, 2.24) is 0 Å². The van der Waals surface area contributed by atoms with Crippen LogP contribution in [0, 0.1) is 0 Å². The third kappa shape index (κ3) is 5.29. The molecule has 0 radical (unpaired) electrons. The molecule has 0 N–H and O–H groups in total. The van der Waals surface area contributed by atoms with Crippen LogP contribution in [0.4, 0.5) is 17.1 Å². The van der Waals surface area contributed by atoms with Crippen molar-refractivity contribution in [3.05, 3.63) is 210 Å². The Morgan fingerprint density at radius 1 is 0.291 bits per heavy atom. The summed E-state index contributed by atoms with van der Waals surface area (Å²) in [7, 11) is 0. The summed E-state index contributed by atoms with van der Waals surface area (Å²) in [5.74, 6) is 0. The van der Waals surface area contributed by atoms with Gasteiger partial charge in [-0.25, -0.2) is 0 Å². The highest BCUT2D eigenvalue weighted by Gasteiger charge is 2.37. The van der Waals surface area contributed by atoms with Crippen LogP contribution in [-0.4, -0.2) is 0 Å². The average molecular weight is 706 g/mol. The highest BCUT2D eigenvalue weighted by atomic mass is 15.1. The highest BCUT2D eigenvalue weighted by Crippen LogP contribution is 2.53. The van der Waals surface area contributed by atoms with Crippen LogP contribution >= 0.6 is 0 Å². The van der Waals surface area contributed by atoms with Gasteiger partial charge >= 0.3 is 0 Å². The molecule has 0 atom stereocenters. The first kappa shape index (κ1) is 33.2. The van der Waals surface area contributed by atoms with E-state index in [-0.39, 0.29) is 10.8 Å². The van der Waals surface area contributed by atoms with Crippen LogP contribution in [0.15, 0.2) is 188 Å². The Bertz CT molecular complexity index is 2720. The fourth-order valence-electron chi connectivity index (χ4n) is 9.46. The first-order chi connectivity index (χ1) is 26.8. The first-order valence-corrected chi connectivity index (χ1v) is 19.4. The van der Waals surface area contributed by atoms with E-state index in [1.807, 2.05) is 0 Å². The maximum absolute atomic E-state index is 2.39. The van der Waals surface area contributed by atoms with Crippen LogP contribution in [-0.2, 0) is 10.8 Å². The fourth-order valence-corrected chi connectivity index (χ4v) is 9.46. The molecule has 1 heteroatoms. The zero-order valence-electron chi connectivity index (χ0n) is 31.8. The maximum atomic E-state index is 2.39. The molecule has 8 aromatic carbocycles. The molecule has 55 heavy (non-hydrogen) atoms. The normalized spacial score (nSPS) is 14.1. The minimum absolute atomic E-state index is 0.00217. The highest BCUT2D eigenvalue weighted by molar-refractivity contribution is 5.89. The van der Waals surface area contributed by atoms with E-state index in [1.165, 1.54) is 77.9 Å². The number of fused-ring (bicyclic) bond motifs is 6. The monoisotopic (exact) mass is 705 g/mol.